The molecule has 4 rings (SSSR count). The first-order valence-corrected chi connectivity index (χ1v) is 8.69. The number of hydrogen-bond donors (Lipinski definition) is 0. The predicted molar refractivity (Wildman–Crippen MR) is 101 cm³/mol. The SMILES string of the molecule is Cc1ccc(C=C(C#N)c2nc(-c3cc4ccccc4oc3=O)cs2)o1. The molecule has 0 atom stereocenters. The third kappa shape index (κ3) is 2.96. The number of para-hydroxylation sites is 1. The minimum absolute atomic E-state index is 0.373. The standard InChI is InChI=1S/C20H12N2O3S/c1-12-6-7-15(24-12)8-14(10-21)19-22-17(11-26-19)16-9-13-4-2-3-5-18(13)25-20(16)23/h2-9,11H,1H3. The van der Waals surface area contributed by atoms with Gasteiger partial charge >= 0.3 is 5.63 Å². The quantitative estimate of drug-likeness (QED) is 0.384. The molecule has 3 heterocycles. The van der Waals surface area contributed by atoms with Crippen LogP contribution in [0.25, 0.3) is 33.9 Å². The average molecular weight is 360 g/mol. The molecule has 0 spiro atoms. The van der Waals surface area contributed by atoms with Crippen molar-refractivity contribution in [1.29, 1.82) is 5.26 Å². The second-order valence-electron chi connectivity index (χ2n) is 5.64. The summed E-state index contributed by atoms with van der Waals surface area (Å²) in [6.45, 7) is 1.84. The highest BCUT2D eigenvalue weighted by Gasteiger charge is 2.14. The molecule has 0 amide bonds. The first-order valence-electron chi connectivity index (χ1n) is 7.81. The van der Waals surface area contributed by atoms with E-state index in [1.165, 1.54) is 11.3 Å². The fourth-order valence-electron chi connectivity index (χ4n) is 2.58. The van der Waals surface area contributed by atoms with Gasteiger partial charge in [-0.25, -0.2) is 9.78 Å². The van der Waals surface area contributed by atoms with Gasteiger partial charge in [0.25, 0.3) is 0 Å². The molecule has 0 fully saturated rings. The molecule has 0 aliphatic carbocycles. The number of nitriles is 1. The van der Waals surface area contributed by atoms with E-state index in [2.05, 4.69) is 11.1 Å². The normalized spacial score (nSPS) is 11.6. The number of benzene rings is 1. The molecule has 0 unspecified atom stereocenters. The second kappa shape index (κ2) is 6.47. The molecule has 126 valence electrons. The number of aromatic nitrogens is 1. The van der Waals surface area contributed by atoms with E-state index in [1.807, 2.05) is 31.2 Å². The summed E-state index contributed by atoms with van der Waals surface area (Å²) in [5.41, 5.74) is 1.31. The van der Waals surface area contributed by atoms with Crippen molar-refractivity contribution in [3.05, 3.63) is 74.8 Å². The Morgan fingerprint density at radius 2 is 2.08 bits per heavy atom. The Morgan fingerprint density at radius 3 is 2.85 bits per heavy atom. The third-order valence-corrected chi connectivity index (χ3v) is 4.70. The van der Waals surface area contributed by atoms with Gasteiger partial charge in [0.15, 0.2) is 0 Å². The van der Waals surface area contributed by atoms with Gasteiger partial charge in [-0.1, -0.05) is 18.2 Å². The smallest absolute Gasteiger partial charge is 0.345 e. The highest BCUT2D eigenvalue weighted by molar-refractivity contribution is 7.11. The van der Waals surface area contributed by atoms with E-state index < -0.39 is 5.63 Å². The maximum absolute atomic E-state index is 12.3. The van der Waals surface area contributed by atoms with E-state index in [1.54, 1.807) is 29.7 Å². The van der Waals surface area contributed by atoms with Crippen LogP contribution in [-0.4, -0.2) is 4.98 Å². The van der Waals surface area contributed by atoms with Crippen molar-refractivity contribution in [3.8, 4) is 17.3 Å². The Kier molecular flexibility index (Phi) is 3.99. The Hall–Kier alpha value is -3.43. The summed E-state index contributed by atoms with van der Waals surface area (Å²) in [7, 11) is 0. The summed E-state index contributed by atoms with van der Waals surface area (Å²) in [4.78, 5) is 16.7. The van der Waals surface area contributed by atoms with E-state index in [-0.39, 0.29) is 0 Å². The molecule has 5 nitrogen and oxygen atoms in total. The summed E-state index contributed by atoms with van der Waals surface area (Å²) in [5.74, 6) is 1.35. The lowest BCUT2D eigenvalue weighted by Crippen LogP contribution is -2.02. The summed E-state index contributed by atoms with van der Waals surface area (Å²) >= 11 is 1.29. The maximum Gasteiger partial charge on any atom is 0.345 e. The molecule has 26 heavy (non-hydrogen) atoms. The lowest BCUT2D eigenvalue weighted by molar-refractivity contribution is 0.525. The van der Waals surface area contributed by atoms with Crippen LogP contribution in [0.15, 0.2) is 61.5 Å². The van der Waals surface area contributed by atoms with Gasteiger partial charge in [-0.15, -0.1) is 11.3 Å². The van der Waals surface area contributed by atoms with Crippen LogP contribution < -0.4 is 5.63 Å². The second-order valence-corrected chi connectivity index (χ2v) is 6.50. The van der Waals surface area contributed by atoms with Gasteiger partial charge in [-0.2, -0.15) is 5.26 Å². The number of aryl methyl sites for hydroxylation is 1. The maximum atomic E-state index is 12.3. The molecule has 3 aromatic heterocycles. The number of furan rings is 1. The molecule has 0 N–H and O–H groups in total. The largest absolute Gasteiger partial charge is 0.462 e. The summed E-state index contributed by atoms with van der Waals surface area (Å²) in [5, 5.41) is 12.5. The lowest BCUT2D eigenvalue weighted by atomic mass is 10.1. The summed E-state index contributed by atoms with van der Waals surface area (Å²) < 4.78 is 10.8. The monoisotopic (exact) mass is 360 g/mol. The van der Waals surface area contributed by atoms with Gasteiger partial charge in [0.1, 0.15) is 28.2 Å². The Bertz CT molecular complexity index is 1240. The number of rotatable bonds is 3. The van der Waals surface area contributed by atoms with Crippen molar-refractivity contribution in [1.82, 2.24) is 4.98 Å². The minimum atomic E-state index is -0.454. The molecule has 0 bridgehead atoms. The van der Waals surface area contributed by atoms with Crippen molar-refractivity contribution >= 4 is 34.0 Å². The minimum Gasteiger partial charge on any atom is -0.462 e. The molecule has 0 aliphatic rings. The molecule has 1 aromatic carbocycles. The number of allylic oxidation sites excluding steroid dienone is 1. The van der Waals surface area contributed by atoms with Crippen LogP contribution in [0, 0.1) is 18.3 Å². The van der Waals surface area contributed by atoms with Gasteiger partial charge in [-0.05, 0) is 31.2 Å². The van der Waals surface area contributed by atoms with Crippen LogP contribution in [0.2, 0.25) is 0 Å². The summed E-state index contributed by atoms with van der Waals surface area (Å²) in [6.07, 6.45) is 1.64. The van der Waals surface area contributed by atoms with Crippen LogP contribution in [0.5, 0.6) is 0 Å². The van der Waals surface area contributed by atoms with Crippen LogP contribution in [0.1, 0.15) is 16.5 Å². The molecule has 0 radical (unpaired) electrons. The van der Waals surface area contributed by atoms with E-state index in [9.17, 15) is 10.1 Å². The number of thiazole rings is 1. The van der Waals surface area contributed by atoms with Crippen LogP contribution >= 0.6 is 11.3 Å². The van der Waals surface area contributed by atoms with Crippen molar-refractivity contribution in [2.24, 2.45) is 0 Å². The summed E-state index contributed by atoms with van der Waals surface area (Å²) in [6, 6.07) is 14.8. The van der Waals surface area contributed by atoms with Gasteiger partial charge in [0, 0.05) is 16.8 Å². The highest BCUT2D eigenvalue weighted by Crippen LogP contribution is 2.27. The Balaban J connectivity index is 1.76. The molecular weight excluding hydrogens is 348 g/mol. The third-order valence-electron chi connectivity index (χ3n) is 3.82. The van der Waals surface area contributed by atoms with Gasteiger partial charge in [0.05, 0.1) is 16.8 Å². The van der Waals surface area contributed by atoms with E-state index in [0.29, 0.717) is 33.2 Å². The van der Waals surface area contributed by atoms with Gasteiger partial charge in [0.2, 0.25) is 0 Å². The van der Waals surface area contributed by atoms with Crippen LogP contribution in [-0.2, 0) is 0 Å². The van der Waals surface area contributed by atoms with Crippen LogP contribution in [0.3, 0.4) is 0 Å². The van der Waals surface area contributed by atoms with Gasteiger partial charge < -0.3 is 8.83 Å². The number of hydrogen-bond acceptors (Lipinski definition) is 6. The number of fused-ring (bicyclic) bond motifs is 1. The van der Waals surface area contributed by atoms with E-state index in [4.69, 9.17) is 8.83 Å². The Morgan fingerprint density at radius 1 is 1.23 bits per heavy atom. The first-order chi connectivity index (χ1) is 12.6. The number of nitrogens with zero attached hydrogens (tertiary/aromatic N) is 2. The van der Waals surface area contributed by atoms with Crippen molar-refractivity contribution in [3.63, 3.8) is 0 Å². The Labute approximate surface area is 152 Å². The van der Waals surface area contributed by atoms with Crippen molar-refractivity contribution < 1.29 is 8.83 Å². The van der Waals surface area contributed by atoms with Crippen molar-refractivity contribution in [2.45, 2.75) is 6.92 Å². The molecule has 0 saturated carbocycles. The fourth-order valence-corrected chi connectivity index (χ4v) is 3.36. The topological polar surface area (TPSA) is 80.0 Å². The van der Waals surface area contributed by atoms with E-state index in [0.717, 1.165) is 11.1 Å². The highest BCUT2D eigenvalue weighted by atomic mass is 32.1. The zero-order valence-electron chi connectivity index (χ0n) is 13.7. The zero-order valence-corrected chi connectivity index (χ0v) is 14.5. The first kappa shape index (κ1) is 16.1. The fraction of sp³-hybridized carbons (Fsp3) is 0.0500. The molecular formula is C20H12N2O3S. The van der Waals surface area contributed by atoms with Crippen molar-refractivity contribution in [2.75, 3.05) is 0 Å². The average Bonchev–Trinajstić information content (AvgIpc) is 3.28. The van der Waals surface area contributed by atoms with E-state index >= 15 is 0 Å². The predicted octanol–water partition coefficient (Wildman–Crippen LogP) is 4.88. The zero-order chi connectivity index (χ0) is 18.1. The molecule has 0 saturated heterocycles. The van der Waals surface area contributed by atoms with Gasteiger partial charge in [-0.3, -0.25) is 0 Å². The molecule has 0 aliphatic heterocycles. The molecule has 4 aromatic rings. The lowest BCUT2D eigenvalue weighted by Gasteiger charge is -1.99. The van der Waals surface area contributed by atoms with Crippen LogP contribution in [0.4, 0.5) is 0 Å². The molecule has 6 heteroatoms.